The van der Waals surface area contributed by atoms with Crippen LogP contribution in [-0.2, 0) is 16.6 Å². The Morgan fingerprint density at radius 1 is 1.50 bits per heavy atom. The fourth-order valence-corrected chi connectivity index (χ4v) is 3.35. The number of aromatic nitrogens is 2. The van der Waals surface area contributed by atoms with E-state index >= 15 is 0 Å². The van der Waals surface area contributed by atoms with Crippen LogP contribution in [0.5, 0.6) is 0 Å². The minimum Gasteiger partial charge on any atom is -0.451 e. The summed E-state index contributed by atoms with van der Waals surface area (Å²) in [5.74, 6) is -0.743. The van der Waals surface area contributed by atoms with Crippen LogP contribution in [0.4, 0.5) is 0 Å². The molecular formula is C15H21N3O3S. The van der Waals surface area contributed by atoms with Crippen molar-refractivity contribution >= 4 is 33.4 Å². The summed E-state index contributed by atoms with van der Waals surface area (Å²) < 4.78 is 6.82. The van der Waals surface area contributed by atoms with Crippen molar-refractivity contribution in [2.75, 3.05) is 6.61 Å². The highest BCUT2D eigenvalue weighted by atomic mass is 32.1. The molecular weight excluding hydrogens is 302 g/mol. The molecule has 0 fully saturated rings. The summed E-state index contributed by atoms with van der Waals surface area (Å²) in [4.78, 5) is 25.1. The molecule has 0 bridgehead atoms. The highest BCUT2D eigenvalue weighted by Crippen LogP contribution is 2.27. The molecule has 0 aliphatic rings. The smallest absolute Gasteiger partial charge is 0.348 e. The van der Waals surface area contributed by atoms with Crippen LogP contribution in [0.15, 0.2) is 6.07 Å². The molecule has 2 heterocycles. The maximum Gasteiger partial charge on any atom is 0.348 e. The lowest BCUT2D eigenvalue weighted by Gasteiger charge is -2.12. The van der Waals surface area contributed by atoms with Gasteiger partial charge in [0.1, 0.15) is 9.71 Å². The number of hydrogen-bond donors (Lipinski definition) is 1. The molecule has 2 rings (SSSR count). The normalized spacial score (nSPS) is 12.4. The molecule has 7 heteroatoms. The first-order valence-corrected chi connectivity index (χ1v) is 8.13. The van der Waals surface area contributed by atoms with E-state index in [1.54, 1.807) is 10.7 Å². The molecule has 1 atom stereocenters. The Morgan fingerprint density at radius 2 is 2.23 bits per heavy atom. The average molecular weight is 323 g/mol. The molecule has 22 heavy (non-hydrogen) atoms. The van der Waals surface area contributed by atoms with Crippen molar-refractivity contribution in [1.82, 2.24) is 15.1 Å². The van der Waals surface area contributed by atoms with Crippen LogP contribution in [0, 0.1) is 6.92 Å². The third-order valence-corrected chi connectivity index (χ3v) is 4.54. The minimum absolute atomic E-state index is 0.0919. The van der Waals surface area contributed by atoms with E-state index in [4.69, 9.17) is 4.74 Å². The van der Waals surface area contributed by atoms with E-state index < -0.39 is 5.97 Å². The van der Waals surface area contributed by atoms with Gasteiger partial charge in [0.25, 0.3) is 5.91 Å². The molecule has 2 aromatic heterocycles. The van der Waals surface area contributed by atoms with Crippen molar-refractivity contribution in [2.45, 2.75) is 39.7 Å². The third-order valence-electron chi connectivity index (χ3n) is 3.36. The number of fused-ring (bicyclic) bond motifs is 1. The maximum atomic E-state index is 12.0. The summed E-state index contributed by atoms with van der Waals surface area (Å²) in [6.07, 6.45) is 1.90. The van der Waals surface area contributed by atoms with Crippen molar-refractivity contribution < 1.29 is 14.3 Å². The molecule has 0 saturated carbocycles. The van der Waals surface area contributed by atoms with Gasteiger partial charge in [-0.2, -0.15) is 5.10 Å². The molecule has 0 aliphatic heterocycles. The van der Waals surface area contributed by atoms with Gasteiger partial charge in [-0.15, -0.1) is 11.3 Å². The first-order valence-electron chi connectivity index (χ1n) is 7.32. The van der Waals surface area contributed by atoms with Crippen LogP contribution in [0.1, 0.15) is 42.1 Å². The molecule has 1 amide bonds. The lowest BCUT2D eigenvalue weighted by molar-refractivity contribution is -0.124. The number of esters is 1. The van der Waals surface area contributed by atoms with Crippen LogP contribution < -0.4 is 5.32 Å². The van der Waals surface area contributed by atoms with E-state index in [9.17, 15) is 9.59 Å². The molecule has 0 aliphatic carbocycles. The number of nitrogens with one attached hydrogen (secondary N) is 1. The van der Waals surface area contributed by atoms with Gasteiger partial charge in [0.15, 0.2) is 6.61 Å². The van der Waals surface area contributed by atoms with Gasteiger partial charge in [-0.3, -0.25) is 9.48 Å². The fraction of sp³-hybridized carbons (Fsp3) is 0.533. The lowest BCUT2D eigenvalue weighted by atomic mass is 10.2. The number of nitrogens with zero attached hydrogens (tertiary/aromatic N) is 2. The van der Waals surface area contributed by atoms with Gasteiger partial charge in [-0.25, -0.2) is 4.79 Å². The molecule has 1 N–H and O–H groups in total. The van der Waals surface area contributed by atoms with Gasteiger partial charge in [0.05, 0.1) is 5.69 Å². The second kappa shape index (κ2) is 6.91. The lowest BCUT2D eigenvalue weighted by Crippen LogP contribution is -2.35. The van der Waals surface area contributed by atoms with E-state index in [0.717, 1.165) is 28.8 Å². The number of carbonyl (C=O) groups excluding carboxylic acids is 2. The monoisotopic (exact) mass is 323 g/mol. The molecule has 0 spiro atoms. The van der Waals surface area contributed by atoms with Crippen LogP contribution in [-0.4, -0.2) is 34.3 Å². The van der Waals surface area contributed by atoms with Crippen molar-refractivity contribution in [3.63, 3.8) is 0 Å². The van der Waals surface area contributed by atoms with E-state index in [2.05, 4.69) is 17.3 Å². The summed E-state index contributed by atoms with van der Waals surface area (Å²) >= 11 is 1.32. The maximum absolute atomic E-state index is 12.0. The van der Waals surface area contributed by atoms with E-state index in [-0.39, 0.29) is 18.6 Å². The van der Waals surface area contributed by atoms with Crippen molar-refractivity contribution in [3.8, 4) is 0 Å². The van der Waals surface area contributed by atoms with E-state index in [1.165, 1.54) is 11.3 Å². The second-order valence-electron chi connectivity index (χ2n) is 5.37. The SMILES string of the molecule is CCCC(C)NC(=O)COC(=O)c1cc2c(C)nn(C)c2s1. The van der Waals surface area contributed by atoms with E-state index in [1.807, 2.05) is 20.9 Å². The number of aryl methyl sites for hydroxylation is 2. The zero-order valence-corrected chi connectivity index (χ0v) is 14.1. The highest BCUT2D eigenvalue weighted by Gasteiger charge is 2.17. The third kappa shape index (κ3) is 3.65. The number of hydrogen-bond acceptors (Lipinski definition) is 5. The first kappa shape index (κ1) is 16.5. The van der Waals surface area contributed by atoms with Crippen LogP contribution in [0.2, 0.25) is 0 Å². The predicted molar refractivity (Wildman–Crippen MR) is 86.1 cm³/mol. The Balaban J connectivity index is 1.94. The molecule has 2 aromatic rings. The molecule has 6 nitrogen and oxygen atoms in total. The summed E-state index contributed by atoms with van der Waals surface area (Å²) in [7, 11) is 1.84. The summed E-state index contributed by atoms with van der Waals surface area (Å²) in [6.45, 7) is 5.64. The predicted octanol–water partition coefficient (Wildman–Crippen LogP) is 2.40. The topological polar surface area (TPSA) is 73.2 Å². The fourth-order valence-electron chi connectivity index (χ4n) is 2.33. The number of rotatable bonds is 6. The Labute approximate surface area is 133 Å². The van der Waals surface area contributed by atoms with Crippen LogP contribution >= 0.6 is 11.3 Å². The zero-order valence-electron chi connectivity index (χ0n) is 13.3. The Bertz CT molecular complexity index is 655. The van der Waals surface area contributed by atoms with Crippen molar-refractivity contribution in [1.29, 1.82) is 0 Å². The van der Waals surface area contributed by atoms with Crippen LogP contribution in [0.3, 0.4) is 0 Å². The van der Waals surface area contributed by atoms with Gasteiger partial charge in [0.2, 0.25) is 0 Å². The molecule has 0 radical (unpaired) electrons. The van der Waals surface area contributed by atoms with Gasteiger partial charge < -0.3 is 10.1 Å². The summed E-state index contributed by atoms with van der Waals surface area (Å²) in [6, 6.07) is 1.86. The number of amides is 1. The van der Waals surface area contributed by atoms with E-state index in [0.29, 0.717) is 4.88 Å². The molecule has 120 valence electrons. The molecule has 1 unspecified atom stereocenters. The first-order chi connectivity index (χ1) is 10.4. The number of thiophene rings is 1. The summed E-state index contributed by atoms with van der Waals surface area (Å²) in [5, 5.41) is 8.03. The largest absolute Gasteiger partial charge is 0.451 e. The van der Waals surface area contributed by atoms with Crippen molar-refractivity contribution in [2.24, 2.45) is 7.05 Å². The molecule has 0 aromatic carbocycles. The van der Waals surface area contributed by atoms with Gasteiger partial charge in [-0.1, -0.05) is 13.3 Å². The Morgan fingerprint density at radius 3 is 2.86 bits per heavy atom. The Hall–Kier alpha value is -1.89. The zero-order chi connectivity index (χ0) is 16.3. The average Bonchev–Trinajstić information content (AvgIpc) is 2.99. The Kier molecular flexibility index (Phi) is 5.18. The standard InChI is InChI=1S/C15H21N3O3S/c1-5-6-9(2)16-13(19)8-21-15(20)12-7-11-10(3)17-18(4)14(11)22-12/h7,9H,5-6,8H2,1-4H3,(H,16,19). The number of ether oxygens (including phenoxy) is 1. The van der Waals surface area contributed by atoms with Crippen molar-refractivity contribution in [3.05, 3.63) is 16.6 Å². The van der Waals surface area contributed by atoms with Gasteiger partial charge in [0, 0.05) is 18.5 Å². The summed E-state index contributed by atoms with van der Waals surface area (Å²) in [5.41, 5.74) is 0.874. The van der Waals surface area contributed by atoms with Crippen LogP contribution in [0.25, 0.3) is 10.2 Å². The highest BCUT2D eigenvalue weighted by molar-refractivity contribution is 7.20. The van der Waals surface area contributed by atoms with Gasteiger partial charge >= 0.3 is 5.97 Å². The quantitative estimate of drug-likeness (QED) is 0.829. The van der Waals surface area contributed by atoms with Gasteiger partial charge in [-0.05, 0) is 26.3 Å². The second-order valence-corrected chi connectivity index (χ2v) is 6.40. The molecule has 0 saturated heterocycles. The number of carbonyl (C=O) groups is 2. The minimum atomic E-state index is -0.473.